The molecule has 1 aliphatic rings. The second kappa shape index (κ2) is 7.90. The van der Waals surface area contributed by atoms with Gasteiger partial charge < -0.3 is 4.74 Å². The molecule has 0 aliphatic carbocycles. The summed E-state index contributed by atoms with van der Waals surface area (Å²) in [7, 11) is -3.86. The van der Waals surface area contributed by atoms with E-state index in [2.05, 4.69) is 15.9 Å². The van der Waals surface area contributed by atoms with Crippen LogP contribution < -0.4 is 0 Å². The van der Waals surface area contributed by atoms with Crippen LogP contribution in [0.3, 0.4) is 0 Å². The maximum atomic E-state index is 13.3. The molecule has 1 unspecified atom stereocenters. The molecular formula is C21H18BrNO4S. The Morgan fingerprint density at radius 1 is 1.07 bits per heavy atom. The summed E-state index contributed by atoms with van der Waals surface area (Å²) in [5.74, 6) is -0.889. The third-order valence-electron chi connectivity index (χ3n) is 4.66. The number of ether oxygens (including phenoxy) is 1. The maximum absolute atomic E-state index is 13.3. The lowest BCUT2D eigenvalue weighted by atomic mass is 9.85. The van der Waals surface area contributed by atoms with E-state index >= 15 is 0 Å². The van der Waals surface area contributed by atoms with Crippen LogP contribution in [0.1, 0.15) is 30.9 Å². The fraction of sp³-hybridized carbons (Fsp3) is 0.238. The first-order valence-electron chi connectivity index (χ1n) is 8.69. The van der Waals surface area contributed by atoms with E-state index in [1.807, 2.05) is 12.1 Å². The third-order valence-corrected chi connectivity index (χ3v) is 7.23. The molecule has 28 heavy (non-hydrogen) atoms. The summed E-state index contributed by atoms with van der Waals surface area (Å²) in [6.45, 7) is 1.48. The van der Waals surface area contributed by atoms with E-state index in [1.54, 1.807) is 48.5 Å². The van der Waals surface area contributed by atoms with Crippen LogP contribution in [0.2, 0.25) is 0 Å². The molecule has 0 N–H and O–H groups in total. The molecule has 1 aliphatic heterocycles. The molecule has 0 fully saturated rings. The van der Waals surface area contributed by atoms with Crippen molar-refractivity contribution in [1.29, 1.82) is 5.26 Å². The Hall–Kier alpha value is -2.43. The smallest absolute Gasteiger partial charge is 0.336 e. The summed E-state index contributed by atoms with van der Waals surface area (Å²) in [6.07, 6.45) is 0.312. The van der Waals surface area contributed by atoms with Crippen molar-refractivity contribution in [2.75, 3.05) is 5.75 Å². The van der Waals surface area contributed by atoms with Crippen LogP contribution in [-0.4, -0.2) is 20.1 Å². The molecule has 144 valence electrons. The molecule has 2 aromatic carbocycles. The number of unbranched alkanes of at least 4 members (excludes halogenated alkanes) is 1. The molecule has 1 atom stereocenters. The lowest BCUT2D eigenvalue weighted by Gasteiger charge is -2.32. The number of nitriles is 1. The molecule has 0 saturated heterocycles. The standard InChI is InChI=1S/C21H18BrNO4S/c1-15-19(28(25,26)14-6-5-13-23)21(27-20(15)24,16-7-3-2-4-8-16)17-9-11-18(22)12-10-17/h2-4,7-12H,5-6,14H2,1H3. The van der Waals surface area contributed by atoms with Crippen molar-refractivity contribution in [2.24, 2.45) is 0 Å². The number of benzene rings is 2. The predicted molar refractivity (Wildman–Crippen MR) is 109 cm³/mol. The largest absolute Gasteiger partial charge is 0.440 e. The first-order chi connectivity index (χ1) is 13.3. The highest BCUT2D eigenvalue weighted by Crippen LogP contribution is 2.49. The molecule has 0 amide bonds. The average Bonchev–Trinajstić information content (AvgIpc) is 2.96. The van der Waals surface area contributed by atoms with E-state index in [9.17, 15) is 13.2 Å². The summed E-state index contributed by atoms with van der Waals surface area (Å²) in [4.78, 5) is 12.5. The molecule has 0 aromatic heterocycles. The summed E-state index contributed by atoms with van der Waals surface area (Å²) in [6, 6.07) is 17.9. The normalized spacial score (nSPS) is 19.4. The van der Waals surface area contributed by atoms with Gasteiger partial charge in [-0.2, -0.15) is 5.26 Å². The van der Waals surface area contributed by atoms with Gasteiger partial charge in [0.15, 0.2) is 15.4 Å². The van der Waals surface area contributed by atoms with Crippen molar-refractivity contribution >= 4 is 31.7 Å². The van der Waals surface area contributed by atoms with Gasteiger partial charge in [0, 0.05) is 22.0 Å². The Bertz CT molecular complexity index is 1070. The fourth-order valence-corrected chi connectivity index (χ4v) is 5.68. The molecule has 0 spiro atoms. The number of hydrogen-bond acceptors (Lipinski definition) is 5. The number of cyclic esters (lactones) is 1. The van der Waals surface area contributed by atoms with E-state index in [1.165, 1.54) is 6.92 Å². The van der Waals surface area contributed by atoms with E-state index in [-0.39, 0.29) is 29.1 Å². The molecule has 3 rings (SSSR count). The molecule has 7 heteroatoms. The van der Waals surface area contributed by atoms with Crippen LogP contribution in [0, 0.1) is 11.3 Å². The second-order valence-electron chi connectivity index (χ2n) is 6.48. The topological polar surface area (TPSA) is 84.2 Å². The van der Waals surface area contributed by atoms with E-state index < -0.39 is 21.4 Å². The van der Waals surface area contributed by atoms with Gasteiger partial charge in [0.05, 0.1) is 17.4 Å². The number of hydrogen-bond donors (Lipinski definition) is 0. The minimum absolute atomic E-state index is 0.0449. The van der Waals surface area contributed by atoms with E-state index in [4.69, 9.17) is 10.00 Å². The summed E-state index contributed by atoms with van der Waals surface area (Å²) in [5, 5.41) is 8.77. The summed E-state index contributed by atoms with van der Waals surface area (Å²) >= 11 is 3.38. The highest BCUT2D eigenvalue weighted by molar-refractivity contribution is 9.10. The molecule has 0 radical (unpaired) electrons. The lowest BCUT2D eigenvalue weighted by molar-refractivity contribution is -0.144. The first kappa shape index (κ1) is 20.3. The van der Waals surface area contributed by atoms with Crippen LogP contribution in [0.5, 0.6) is 0 Å². The zero-order valence-corrected chi connectivity index (χ0v) is 17.6. The Labute approximate surface area is 172 Å². The summed E-state index contributed by atoms with van der Waals surface area (Å²) in [5.41, 5.74) is -0.370. The maximum Gasteiger partial charge on any atom is 0.336 e. The molecule has 0 saturated carbocycles. The number of carbonyl (C=O) groups is 1. The number of halogens is 1. The van der Waals surface area contributed by atoms with Gasteiger partial charge in [-0.1, -0.05) is 58.4 Å². The first-order valence-corrected chi connectivity index (χ1v) is 11.1. The highest BCUT2D eigenvalue weighted by atomic mass is 79.9. The van der Waals surface area contributed by atoms with E-state index in [0.29, 0.717) is 11.1 Å². The van der Waals surface area contributed by atoms with Gasteiger partial charge in [0.1, 0.15) is 4.91 Å². The van der Waals surface area contributed by atoms with E-state index in [0.717, 1.165) is 4.47 Å². The zero-order valence-electron chi connectivity index (χ0n) is 15.2. The van der Waals surface area contributed by atoms with Gasteiger partial charge >= 0.3 is 5.97 Å². The molecular weight excluding hydrogens is 442 g/mol. The van der Waals surface area contributed by atoms with Gasteiger partial charge in [0.25, 0.3) is 0 Å². The number of esters is 1. The van der Waals surface area contributed by atoms with Gasteiger partial charge in [-0.25, -0.2) is 13.2 Å². The molecule has 1 heterocycles. The summed E-state index contributed by atoms with van der Waals surface area (Å²) < 4.78 is 33.2. The van der Waals surface area contributed by atoms with Crippen LogP contribution >= 0.6 is 15.9 Å². The molecule has 2 aromatic rings. The van der Waals surface area contributed by atoms with Crippen molar-refractivity contribution in [2.45, 2.75) is 25.4 Å². The number of rotatable bonds is 6. The van der Waals surface area contributed by atoms with Crippen molar-refractivity contribution in [1.82, 2.24) is 0 Å². The zero-order chi connectivity index (χ0) is 20.4. The lowest BCUT2D eigenvalue weighted by Crippen LogP contribution is -2.34. The molecule has 5 nitrogen and oxygen atoms in total. The Kier molecular flexibility index (Phi) is 5.73. The Balaban J connectivity index is 2.28. The van der Waals surface area contributed by atoms with Crippen molar-refractivity contribution in [3.8, 4) is 6.07 Å². The monoisotopic (exact) mass is 459 g/mol. The van der Waals surface area contributed by atoms with Crippen LogP contribution in [-0.2, 0) is 25.0 Å². The highest BCUT2D eigenvalue weighted by Gasteiger charge is 2.54. The number of nitrogens with zero attached hydrogens (tertiary/aromatic N) is 1. The third kappa shape index (κ3) is 3.50. The van der Waals surface area contributed by atoms with Crippen molar-refractivity contribution in [3.63, 3.8) is 0 Å². The minimum atomic E-state index is -3.86. The van der Waals surface area contributed by atoms with Crippen LogP contribution in [0.4, 0.5) is 0 Å². The molecule has 0 bridgehead atoms. The Morgan fingerprint density at radius 3 is 2.29 bits per heavy atom. The van der Waals surface area contributed by atoms with Crippen LogP contribution in [0.15, 0.2) is 69.5 Å². The number of sulfone groups is 1. The number of carbonyl (C=O) groups excluding carboxylic acids is 1. The van der Waals surface area contributed by atoms with Crippen LogP contribution in [0.25, 0.3) is 0 Å². The average molecular weight is 460 g/mol. The van der Waals surface area contributed by atoms with Gasteiger partial charge in [-0.05, 0) is 25.5 Å². The van der Waals surface area contributed by atoms with Gasteiger partial charge in [0.2, 0.25) is 0 Å². The van der Waals surface area contributed by atoms with Gasteiger partial charge in [-0.15, -0.1) is 0 Å². The quantitative estimate of drug-likeness (QED) is 0.476. The van der Waals surface area contributed by atoms with Crippen molar-refractivity contribution < 1.29 is 17.9 Å². The Morgan fingerprint density at radius 2 is 1.68 bits per heavy atom. The predicted octanol–water partition coefficient (Wildman–Crippen LogP) is 4.24. The SMILES string of the molecule is CC1=C(S(=O)(=O)CCCC#N)C(c2ccccc2)(c2ccc(Br)cc2)OC1=O. The van der Waals surface area contributed by atoms with Crippen molar-refractivity contribution in [3.05, 3.63) is 80.7 Å². The minimum Gasteiger partial charge on any atom is -0.440 e. The second-order valence-corrected chi connectivity index (χ2v) is 9.44. The van der Waals surface area contributed by atoms with Gasteiger partial charge in [-0.3, -0.25) is 0 Å². The fourth-order valence-electron chi connectivity index (χ4n) is 3.42.